The first-order chi connectivity index (χ1) is 4.74. The Morgan fingerprint density at radius 3 is 2.90 bits per heavy atom. The summed E-state index contributed by atoms with van der Waals surface area (Å²) < 4.78 is 4.84. The summed E-state index contributed by atoms with van der Waals surface area (Å²) in [6.45, 7) is 1.87. The fourth-order valence-corrected chi connectivity index (χ4v) is 0.629. The molecule has 54 valence electrons. The number of rotatable bonds is 1. The minimum atomic E-state index is -0.386. The average molecular weight is 140 g/mol. The van der Waals surface area contributed by atoms with Gasteiger partial charge in [-0.1, -0.05) is 6.92 Å². The predicted octanol–water partition coefficient (Wildman–Crippen LogP) is 0.908. The molecule has 0 bridgehead atoms. The van der Waals surface area contributed by atoms with E-state index in [1.165, 1.54) is 6.07 Å². The monoisotopic (exact) mass is 140 g/mol. The van der Waals surface area contributed by atoms with Crippen LogP contribution in [0.5, 0.6) is 5.75 Å². The molecule has 0 aromatic carbocycles. The third-order valence-electron chi connectivity index (χ3n) is 1.21. The van der Waals surface area contributed by atoms with Crippen LogP contribution in [-0.4, -0.2) is 5.11 Å². The van der Waals surface area contributed by atoms with Crippen LogP contribution in [-0.2, 0) is 6.42 Å². The molecule has 1 heterocycles. The van der Waals surface area contributed by atoms with Gasteiger partial charge in [-0.2, -0.15) is 0 Å². The summed E-state index contributed by atoms with van der Waals surface area (Å²) in [5.74, 6) is 0.250. The minimum absolute atomic E-state index is 0.336. The first-order valence-electron chi connectivity index (χ1n) is 3.04. The Bertz CT molecular complexity index is 274. The van der Waals surface area contributed by atoms with E-state index in [9.17, 15) is 4.79 Å². The molecule has 0 fully saturated rings. The van der Waals surface area contributed by atoms with Gasteiger partial charge in [0.25, 0.3) is 0 Å². The molecule has 0 spiro atoms. The van der Waals surface area contributed by atoms with Crippen molar-refractivity contribution >= 4 is 0 Å². The lowest BCUT2D eigenvalue weighted by Gasteiger charge is -1.92. The van der Waals surface area contributed by atoms with Crippen LogP contribution >= 0.6 is 0 Å². The molecule has 1 aromatic rings. The normalized spacial score (nSPS) is 9.70. The molecule has 0 amide bonds. The highest BCUT2D eigenvalue weighted by molar-refractivity contribution is 5.15. The third-order valence-corrected chi connectivity index (χ3v) is 1.21. The van der Waals surface area contributed by atoms with Gasteiger partial charge >= 0.3 is 0 Å². The molecular formula is C7H8O3. The summed E-state index contributed by atoms with van der Waals surface area (Å²) in [5, 5.41) is 8.73. The van der Waals surface area contributed by atoms with Crippen LogP contribution in [0.1, 0.15) is 12.7 Å². The first-order valence-corrected chi connectivity index (χ1v) is 3.04. The van der Waals surface area contributed by atoms with E-state index < -0.39 is 0 Å². The van der Waals surface area contributed by atoms with Gasteiger partial charge < -0.3 is 9.52 Å². The molecule has 0 saturated carbocycles. The molecule has 1 rings (SSSR count). The molecule has 3 nitrogen and oxygen atoms in total. The van der Waals surface area contributed by atoms with E-state index in [0.29, 0.717) is 12.2 Å². The maximum atomic E-state index is 10.7. The van der Waals surface area contributed by atoms with Crippen LogP contribution in [0, 0.1) is 0 Å². The van der Waals surface area contributed by atoms with Gasteiger partial charge in [0.2, 0.25) is 5.43 Å². The molecular weight excluding hydrogens is 132 g/mol. The van der Waals surface area contributed by atoms with Crippen molar-refractivity contribution in [2.24, 2.45) is 0 Å². The number of hydrogen-bond acceptors (Lipinski definition) is 3. The first kappa shape index (κ1) is 6.86. The van der Waals surface area contributed by atoms with Crippen LogP contribution in [0.15, 0.2) is 21.5 Å². The van der Waals surface area contributed by atoms with Crippen molar-refractivity contribution in [2.75, 3.05) is 0 Å². The van der Waals surface area contributed by atoms with Crippen molar-refractivity contribution in [2.45, 2.75) is 13.3 Å². The van der Waals surface area contributed by atoms with Gasteiger partial charge in [-0.15, -0.1) is 0 Å². The molecule has 0 atom stereocenters. The lowest BCUT2D eigenvalue weighted by atomic mass is 10.3. The molecule has 0 saturated heterocycles. The summed E-state index contributed by atoms with van der Waals surface area (Å²) in [6.07, 6.45) is 1.72. The van der Waals surface area contributed by atoms with Gasteiger partial charge in [0.05, 0.1) is 0 Å². The standard InChI is InChI=1S/C7H8O3/c1-2-5-3-6(8)7(9)4-10-5/h3-4,9H,2H2,1H3. The van der Waals surface area contributed by atoms with E-state index in [1.54, 1.807) is 0 Å². The molecule has 0 unspecified atom stereocenters. The molecule has 0 aliphatic heterocycles. The zero-order chi connectivity index (χ0) is 7.56. The van der Waals surface area contributed by atoms with Crippen LogP contribution in [0.3, 0.4) is 0 Å². The summed E-state index contributed by atoms with van der Waals surface area (Å²) in [6, 6.07) is 1.29. The highest BCUT2D eigenvalue weighted by atomic mass is 16.3. The molecule has 1 aromatic heterocycles. The van der Waals surface area contributed by atoms with Gasteiger partial charge in [0.15, 0.2) is 5.75 Å². The zero-order valence-electron chi connectivity index (χ0n) is 5.63. The third kappa shape index (κ3) is 1.18. The van der Waals surface area contributed by atoms with Crippen molar-refractivity contribution in [3.05, 3.63) is 28.3 Å². The average Bonchev–Trinajstić information content (AvgIpc) is 1.95. The van der Waals surface area contributed by atoms with Crippen molar-refractivity contribution in [3.63, 3.8) is 0 Å². The van der Waals surface area contributed by atoms with E-state index in [1.807, 2.05) is 6.92 Å². The van der Waals surface area contributed by atoms with Crippen molar-refractivity contribution in [1.29, 1.82) is 0 Å². The second-order valence-electron chi connectivity index (χ2n) is 1.95. The van der Waals surface area contributed by atoms with Gasteiger partial charge in [-0.3, -0.25) is 4.79 Å². The smallest absolute Gasteiger partial charge is 0.226 e. The van der Waals surface area contributed by atoms with Crippen molar-refractivity contribution in [3.8, 4) is 5.75 Å². The second-order valence-corrected chi connectivity index (χ2v) is 1.95. The Balaban J connectivity index is 3.17. The van der Waals surface area contributed by atoms with E-state index >= 15 is 0 Å². The number of hydrogen-bond donors (Lipinski definition) is 1. The van der Waals surface area contributed by atoms with Gasteiger partial charge in [0.1, 0.15) is 12.0 Å². The summed E-state index contributed by atoms with van der Waals surface area (Å²) >= 11 is 0. The Kier molecular flexibility index (Phi) is 1.76. The second kappa shape index (κ2) is 2.56. The Morgan fingerprint density at radius 2 is 2.40 bits per heavy atom. The van der Waals surface area contributed by atoms with E-state index in [4.69, 9.17) is 9.52 Å². The summed E-state index contributed by atoms with van der Waals surface area (Å²) in [7, 11) is 0. The molecule has 0 aliphatic rings. The molecule has 1 N–H and O–H groups in total. The molecule has 0 radical (unpaired) electrons. The lowest BCUT2D eigenvalue weighted by molar-refractivity contribution is 0.415. The largest absolute Gasteiger partial charge is 0.502 e. The van der Waals surface area contributed by atoms with Crippen LogP contribution in [0.25, 0.3) is 0 Å². The van der Waals surface area contributed by atoms with Gasteiger partial charge in [-0.05, 0) is 0 Å². The minimum Gasteiger partial charge on any atom is -0.502 e. The fraction of sp³-hybridized carbons (Fsp3) is 0.286. The van der Waals surface area contributed by atoms with Crippen molar-refractivity contribution in [1.82, 2.24) is 0 Å². The van der Waals surface area contributed by atoms with Crippen LogP contribution in [0.4, 0.5) is 0 Å². The number of aryl methyl sites for hydroxylation is 1. The maximum absolute atomic E-state index is 10.7. The number of aromatic hydroxyl groups is 1. The SMILES string of the molecule is CCc1cc(=O)c(O)co1. The predicted molar refractivity (Wildman–Crippen MR) is 36.0 cm³/mol. The lowest BCUT2D eigenvalue weighted by Crippen LogP contribution is -1.98. The molecule has 0 aliphatic carbocycles. The highest BCUT2D eigenvalue weighted by Gasteiger charge is 1.97. The Hall–Kier alpha value is -1.25. The maximum Gasteiger partial charge on any atom is 0.226 e. The van der Waals surface area contributed by atoms with E-state index in [-0.39, 0.29) is 11.2 Å². The van der Waals surface area contributed by atoms with Gasteiger partial charge in [0, 0.05) is 12.5 Å². The highest BCUT2D eigenvalue weighted by Crippen LogP contribution is 2.02. The van der Waals surface area contributed by atoms with E-state index in [0.717, 1.165) is 6.26 Å². The summed E-state index contributed by atoms with van der Waals surface area (Å²) in [4.78, 5) is 10.7. The summed E-state index contributed by atoms with van der Waals surface area (Å²) in [5.41, 5.74) is -0.386. The Morgan fingerprint density at radius 1 is 1.70 bits per heavy atom. The van der Waals surface area contributed by atoms with Crippen molar-refractivity contribution < 1.29 is 9.52 Å². The molecule has 10 heavy (non-hydrogen) atoms. The fourth-order valence-electron chi connectivity index (χ4n) is 0.629. The topological polar surface area (TPSA) is 50.4 Å². The zero-order valence-corrected chi connectivity index (χ0v) is 5.63. The Labute approximate surface area is 57.9 Å². The van der Waals surface area contributed by atoms with Gasteiger partial charge in [-0.25, -0.2) is 0 Å². The quantitative estimate of drug-likeness (QED) is 0.630. The molecule has 3 heteroatoms. The van der Waals surface area contributed by atoms with Crippen LogP contribution in [0.2, 0.25) is 0 Å². The van der Waals surface area contributed by atoms with Crippen LogP contribution < -0.4 is 5.43 Å². The van der Waals surface area contributed by atoms with E-state index in [2.05, 4.69) is 0 Å².